The molecule has 1 heterocycles. The highest BCUT2D eigenvalue weighted by Gasteiger charge is 2.20. The summed E-state index contributed by atoms with van der Waals surface area (Å²) < 4.78 is 5.97. The van der Waals surface area contributed by atoms with Crippen molar-refractivity contribution in [2.24, 2.45) is 0 Å². The summed E-state index contributed by atoms with van der Waals surface area (Å²) in [7, 11) is 0. The Morgan fingerprint density at radius 2 is 1.95 bits per heavy atom. The zero-order valence-corrected chi connectivity index (χ0v) is 12.2. The van der Waals surface area contributed by atoms with Crippen LogP contribution in [0.5, 0.6) is 0 Å². The highest BCUT2D eigenvalue weighted by atomic mass is 16.3. The monoisotopic (exact) mass is 277 g/mol. The van der Waals surface area contributed by atoms with Crippen molar-refractivity contribution in [1.29, 1.82) is 0 Å². The molecular formula is C19H19NO. The van der Waals surface area contributed by atoms with E-state index in [1.54, 1.807) is 0 Å². The maximum absolute atomic E-state index is 5.97. The van der Waals surface area contributed by atoms with Crippen LogP contribution in [0.25, 0.3) is 22.3 Å². The molecule has 1 aromatic heterocycles. The Balaban J connectivity index is 1.64. The molecule has 4 rings (SSSR count). The summed E-state index contributed by atoms with van der Waals surface area (Å²) in [4.78, 5) is 0. The van der Waals surface area contributed by atoms with Crippen molar-refractivity contribution in [3.63, 3.8) is 0 Å². The number of rotatable bonds is 4. The first-order chi connectivity index (χ1) is 10.3. The van der Waals surface area contributed by atoms with Crippen LogP contribution in [-0.4, -0.2) is 6.04 Å². The van der Waals surface area contributed by atoms with Crippen LogP contribution in [0.3, 0.4) is 0 Å². The standard InChI is InChI=1S/C19H19NO/c1-13-10-14(12-20-16-7-8-16)6-9-17(13)19-11-15-4-2-3-5-18(15)21-19/h2-6,9-11,16,20H,7-8,12H2,1H3. The number of nitrogens with one attached hydrogen (secondary N) is 1. The van der Waals surface area contributed by atoms with E-state index in [0.717, 1.165) is 29.3 Å². The Labute approximate surface area is 124 Å². The van der Waals surface area contributed by atoms with Crippen molar-refractivity contribution in [1.82, 2.24) is 5.32 Å². The van der Waals surface area contributed by atoms with E-state index in [-0.39, 0.29) is 0 Å². The lowest BCUT2D eigenvalue weighted by atomic mass is 10.0. The first kappa shape index (κ1) is 12.7. The molecular weight excluding hydrogens is 258 g/mol. The Morgan fingerprint density at radius 1 is 1.10 bits per heavy atom. The van der Waals surface area contributed by atoms with Crippen molar-refractivity contribution >= 4 is 11.0 Å². The van der Waals surface area contributed by atoms with E-state index >= 15 is 0 Å². The summed E-state index contributed by atoms with van der Waals surface area (Å²) in [6.45, 7) is 3.12. The fourth-order valence-electron chi connectivity index (χ4n) is 2.78. The van der Waals surface area contributed by atoms with Gasteiger partial charge < -0.3 is 9.73 Å². The third-order valence-corrected chi connectivity index (χ3v) is 4.15. The first-order valence-corrected chi connectivity index (χ1v) is 7.61. The van der Waals surface area contributed by atoms with E-state index in [4.69, 9.17) is 4.42 Å². The SMILES string of the molecule is Cc1cc(CNC2CC2)ccc1-c1cc2ccccc2o1. The van der Waals surface area contributed by atoms with Gasteiger partial charge in [-0.15, -0.1) is 0 Å². The van der Waals surface area contributed by atoms with Crippen LogP contribution >= 0.6 is 0 Å². The molecule has 1 fully saturated rings. The van der Waals surface area contributed by atoms with Gasteiger partial charge in [0.2, 0.25) is 0 Å². The van der Waals surface area contributed by atoms with Crippen LogP contribution in [0, 0.1) is 6.92 Å². The zero-order chi connectivity index (χ0) is 14.2. The average molecular weight is 277 g/mol. The molecule has 0 radical (unpaired) electrons. The molecule has 0 saturated heterocycles. The molecule has 2 nitrogen and oxygen atoms in total. The van der Waals surface area contributed by atoms with Crippen molar-refractivity contribution < 1.29 is 4.42 Å². The van der Waals surface area contributed by atoms with Gasteiger partial charge in [0.15, 0.2) is 0 Å². The number of hydrogen-bond donors (Lipinski definition) is 1. The highest BCUT2D eigenvalue weighted by Crippen LogP contribution is 2.30. The van der Waals surface area contributed by atoms with Gasteiger partial charge in [-0.05, 0) is 43.0 Å². The van der Waals surface area contributed by atoms with Crippen LogP contribution in [-0.2, 0) is 6.54 Å². The summed E-state index contributed by atoms with van der Waals surface area (Å²) in [6, 6.07) is 17.7. The maximum atomic E-state index is 5.97. The molecule has 2 heteroatoms. The van der Waals surface area contributed by atoms with Gasteiger partial charge in [-0.2, -0.15) is 0 Å². The number of benzene rings is 2. The van der Waals surface area contributed by atoms with Gasteiger partial charge in [0.1, 0.15) is 11.3 Å². The molecule has 21 heavy (non-hydrogen) atoms. The van der Waals surface area contributed by atoms with Crippen molar-refractivity contribution in [2.75, 3.05) is 0 Å². The van der Waals surface area contributed by atoms with Gasteiger partial charge in [-0.3, -0.25) is 0 Å². The minimum Gasteiger partial charge on any atom is -0.456 e. The third kappa shape index (κ3) is 2.59. The molecule has 0 aliphatic heterocycles. The van der Waals surface area contributed by atoms with E-state index in [1.165, 1.54) is 29.5 Å². The summed E-state index contributed by atoms with van der Waals surface area (Å²) in [5, 5.41) is 4.72. The van der Waals surface area contributed by atoms with E-state index in [2.05, 4.69) is 42.6 Å². The third-order valence-electron chi connectivity index (χ3n) is 4.15. The van der Waals surface area contributed by atoms with Crippen molar-refractivity contribution in [2.45, 2.75) is 32.4 Å². The van der Waals surface area contributed by atoms with Crippen LogP contribution in [0.4, 0.5) is 0 Å². The molecule has 2 aromatic carbocycles. The molecule has 0 unspecified atom stereocenters. The number of hydrogen-bond acceptors (Lipinski definition) is 2. The van der Waals surface area contributed by atoms with Gasteiger partial charge in [0, 0.05) is 23.5 Å². The summed E-state index contributed by atoms with van der Waals surface area (Å²) in [5.74, 6) is 0.954. The molecule has 0 bridgehead atoms. The van der Waals surface area contributed by atoms with Crippen LogP contribution in [0.15, 0.2) is 52.9 Å². The molecule has 0 atom stereocenters. The van der Waals surface area contributed by atoms with Crippen LogP contribution in [0.1, 0.15) is 24.0 Å². The molecule has 1 saturated carbocycles. The summed E-state index contributed by atoms with van der Waals surface area (Å²) in [5.41, 5.74) is 4.75. The first-order valence-electron chi connectivity index (χ1n) is 7.61. The van der Waals surface area contributed by atoms with Crippen LogP contribution in [0.2, 0.25) is 0 Å². The molecule has 1 aliphatic carbocycles. The number of aryl methyl sites for hydroxylation is 1. The molecule has 0 amide bonds. The second kappa shape index (κ2) is 5.05. The Morgan fingerprint density at radius 3 is 2.71 bits per heavy atom. The zero-order valence-electron chi connectivity index (χ0n) is 12.2. The molecule has 1 N–H and O–H groups in total. The average Bonchev–Trinajstić information content (AvgIpc) is 3.22. The molecule has 1 aliphatic rings. The number of fused-ring (bicyclic) bond motifs is 1. The minimum absolute atomic E-state index is 0.750. The van der Waals surface area contributed by atoms with E-state index in [0.29, 0.717) is 0 Å². The lowest BCUT2D eigenvalue weighted by Crippen LogP contribution is -2.15. The lowest BCUT2D eigenvalue weighted by molar-refractivity contribution is 0.631. The van der Waals surface area contributed by atoms with Gasteiger partial charge in [-0.1, -0.05) is 36.4 Å². The Bertz CT molecular complexity index is 750. The highest BCUT2D eigenvalue weighted by molar-refractivity contribution is 5.83. The number of para-hydroxylation sites is 1. The second-order valence-electron chi connectivity index (χ2n) is 5.95. The lowest BCUT2D eigenvalue weighted by Gasteiger charge is -2.07. The predicted octanol–water partition coefficient (Wildman–Crippen LogP) is 4.66. The van der Waals surface area contributed by atoms with E-state index in [9.17, 15) is 0 Å². The van der Waals surface area contributed by atoms with Crippen molar-refractivity contribution in [3.05, 3.63) is 59.7 Å². The molecule has 3 aromatic rings. The predicted molar refractivity (Wildman–Crippen MR) is 86.2 cm³/mol. The minimum atomic E-state index is 0.750. The Hall–Kier alpha value is -2.06. The smallest absolute Gasteiger partial charge is 0.135 e. The fraction of sp³-hybridized carbons (Fsp3) is 0.263. The van der Waals surface area contributed by atoms with Crippen LogP contribution < -0.4 is 5.32 Å². The second-order valence-corrected chi connectivity index (χ2v) is 5.95. The van der Waals surface area contributed by atoms with Gasteiger partial charge in [0.05, 0.1) is 0 Å². The number of furan rings is 1. The summed E-state index contributed by atoms with van der Waals surface area (Å²) in [6.07, 6.45) is 2.66. The maximum Gasteiger partial charge on any atom is 0.135 e. The quantitative estimate of drug-likeness (QED) is 0.750. The Kier molecular flexibility index (Phi) is 3.04. The normalized spacial score (nSPS) is 14.7. The fourth-order valence-corrected chi connectivity index (χ4v) is 2.78. The van der Waals surface area contributed by atoms with Crippen molar-refractivity contribution in [3.8, 4) is 11.3 Å². The van der Waals surface area contributed by atoms with E-state index in [1.807, 2.05) is 18.2 Å². The van der Waals surface area contributed by atoms with E-state index < -0.39 is 0 Å². The van der Waals surface area contributed by atoms with Gasteiger partial charge in [-0.25, -0.2) is 0 Å². The summed E-state index contributed by atoms with van der Waals surface area (Å²) >= 11 is 0. The van der Waals surface area contributed by atoms with Gasteiger partial charge in [0.25, 0.3) is 0 Å². The molecule has 106 valence electrons. The molecule has 0 spiro atoms. The largest absolute Gasteiger partial charge is 0.456 e. The topological polar surface area (TPSA) is 25.2 Å². The van der Waals surface area contributed by atoms with Gasteiger partial charge >= 0.3 is 0 Å².